The van der Waals surface area contributed by atoms with Crippen LogP contribution in [0, 0.1) is 5.92 Å². The maximum Gasteiger partial charge on any atom is 0.426 e. The third-order valence-corrected chi connectivity index (χ3v) is 4.95. The van der Waals surface area contributed by atoms with Gasteiger partial charge in [-0.25, -0.2) is 0 Å². The number of halogens is 3. The van der Waals surface area contributed by atoms with Gasteiger partial charge in [0.1, 0.15) is 0 Å². The summed E-state index contributed by atoms with van der Waals surface area (Å²) in [5, 5.41) is 9.59. The van der Waals surface area contributed by atoms with Crippen molar-refractivity contribution < 1.29 is 27.9 Å². The summed E-state index contributed by atoms with van der Waals surface area (Å²) in [6, 6.07) is 8.50. The molecule has 1 saturated heterocycles. The fourth-order valence-corrected chi connectivity index (χ4v) is 3.26. The number of amides is 2. The number of hydrogen-bond donors (Lipinski definition) is 1. The van der Waals surface area contributed by atoms with Gasteiger partial charge in [0.15, 0.2) is 0 Å². The Morgan fingerprint density at radius 1 is 1.23 bits per heavy atom. The average molecular weight is 372 g/mol. The van der Waals surface area contributed by atoms with Crippen molar-refractivity contribution in [2.75, 3.05) is 20.1 Å². The molecule has 1 heterocycles. The number of nitrogens with zero attached hydrogens (tertiary/aromatic N) is 2. The van der Waals surface area contributed by atoms with Gasteiger partial charge in [0.2, 0.25) is 5.60 Å². The molecule has 0 spiro atoms. The lowest BCUT2D eigenvalue weighted by Gasteiger charge is -2.43. The molecule has 0 unspecified atom stereocenters. The van der Waals surface area contributed by atoms with Crippen LogP contribution in [0.2, 0.25) is 0 Å². The number of carbonyl (C=O) groups is 2. The molecule has 2 rings (SSSR count). The van der Waals surface area contributed by atoms with Crippen LogP contribution in [0.3, 0.4) is 0 Å². The summed E-state index contributed by atoms with van der Waals surface area (Å²) < 4.78 is 38.7. The zero-order valence-electron chi connectivity index (χ0n) is 15.0. The molecule has 0 radical (unpaired) electrons. The minimum atomic E-state index is -5.04. The van der Waals surface area contributed by atoms with Crippen molar-refractivity contribution in [3.63, 3.8) is 0 Å². The van der Waals surface area contributed by atoms with Gasteiger partial charge in [-0.3, -0.25) is 9.59 Å². The van der Waals surface area contributed by atoms with Crippen LogP contribution >= 0.6 is 0 Å². The highest BCUT2D eigenvalue weighted by Gasteiger charge is 2.57. The molecule has 26 heavy (non-hydrogen) atoms. The van der Waals surface area contributed by atoms with Crippen molar-refractivity contribution in [2.45, 2.75) is 38.1 Å². The Kier molecular flexibility index (Phi) is 5.65. The molecule has 1 aliphatic heterocycles. The first-order chi connectivity index (χ1) is 12.0. The van der Waals surface area contributed by atoms with E-state index in [1.54, 1.807) is 49.2 Å². The predicted molar refractivity (Wildman–Crippen MR) is 89.4 cm³/mol. The molecule has 0 bridgehead atoms. The number of aliphatic hydroxyl groups is 1. The van der Waals surface area contributed by atoms with Crippen LogP contribution in [0.1, 0.15) is 30.6 Å². The highest BCUT2D eigenvalue weighted by atomic mass is 19.4. The van der Waals surface area contributed by atoms with Crippen molar-refractivity contribution >= 4 is 11.8 Å². The first-order valence-electron chi connectivity index (χ1n) is 8.37. The highest BCUT2D eigenvalue weighted by molar-refractivity contribution is 5.94. The summed E-state index contributed by atoms with van der Waals surface area (Å²) >= 11 is 0. The van der Waals surface area contributed by atoms with Gasteiger partial charge < -0.3 is 14.9 Å². The summed E-state index contributed by atoms with van der Waals surface area (Å²) in [4.78, 5) is 27.3. The topological polar surface area (TPSA) is 60.9 Å². The van der Waals surface area contributed by atoms with Gasteiger partial charge >= 0.3 is 6.18 Å². The third kappa shape index (κ3) is 3.85. The first kappa shape index (κ1) is 20.2. The summed E-state index contributed by atoms with van der Waals surface area (Å²) in [7, 11) is 1.65. The fraction of sp³-hybridized carbons (Fsp3) is 0.556. The minimum absolute atomic E-state index is 0.0438. The van der Waals surface area contributed by atoms with Gasteiger partial charge in [-0.05, 0) is 31.4 Å². The Morgan fingerprint density at radius 2 is 1.81 bits per heavy atom. The van der Waals surface area contributed by atoms with E-state index in [9.17, 15) is 27.9 Å². The molecule has 1 N–H and O–H groups in total. The van der Waals surface area contributed by atoms with Gasteiger partial charge in [-0.1, -0.05) is 25.1 Å². The van der Waals surface area contributed by atoms with E-state index >= 15 is 0 Å². The summed E-state index contributed by atoms with van der Waals surface area (Å²) in [6.45, 7) is 2.34. The smallest absolute Gasteiger partial charge is 0.373 e. The molecular weight excluding hydrogens is 349 g/mol. The Bertz CT molecular complexity index is 661. The van der Waals surface area contributed by atoms with Gasteiger partial charge in [0.05, 0.1) is 0 Å². The minimum Gasteiger partial charge on any atom is -0.373 e. The lowest BCUT2D eigenvalue weighted by Crippen LogP contribution is -2.60. The van der Waals surface area contributed by atoms with Crippen LogP contribution in [-0.4, -0.2) is 64.7 Å². The van der Waals surface area contributed by atoms with Crippen molar-refractivity contribution in [1.29, 1.82) is 0 Å². The van der Waals surface area contributed by atoms with E-state index in [-0.39, 0.29) is 31.0 Å². The fourth-order valence-electron chi connectivity index (χ4n) is 3.26. The quantitative estimate of drug-likeness (QED) is 0.886. The maximum absolute atomic E-state index is 12.9. The van der Waals surface area contributed by atoms with Crippen LogP contribution in [0.25, 0.3) is 0 Å². The van der Waals surface area contributed by atoms with Gasteiger partial charge in [0, 0.05) is 31.7 Å². The zero-order chi connectivity index (χ0) is 19.7. The largest absolute Gasteiger partial charge is 0.426 e. The second-order valence-electron chi connectivity index (χ2n) is 6.94. The van der Waals surface area contributed by atoms with E-state index in [0.717, 1.165) is 4.90 Å². The Labute approximate surface area is 150 Å². The molecule has 1 fully saturated rings. The Morgan fingerprint density at radius 3 is 2.31 bits per heavy atom. The number of alkyl halides is 3. The Hall–Kier alpha value is -2.09. The van der Waals surface area contributed by atoms with Gasteiger partial charge in [0.25, 0.3) is 11.8 Å². The third-order valence-electron chi connectivity index (χ3n) is 4.95. The maximum atomic E-state index is 12.9. The molecule has 0 aromatic heterocycles. The Balaban J connectivity index is 2.06. The summed E-state index contributed by atoms with van der Waals surface area (Å²) in [5.74, 6) is -1.76. The highest BCUT2D eigenvalue weighted by Crippen LogP contribution is 2.33. The number of carbonyl (C=O) groups excluding carboxylic acids is 2. The zero-order valence-corrected chi connectivity index (χ0v) is 15.0. The molecule has 1 aromatic rings. The number of rotatable bonds is 3. The number of hydrogen-bond acceptors (Lipinski definition) is 3. The van der Waals surface area contributed by atoms with E-state index in [1.807, 2.05) is 0 Å². The van der Waals surface area contributed by atoms with Crippen molar-refractivity contribution in [1.82, 2.24) is 9.80 Å². The number of piperidine rings is 1. The predicted octanol–water partition coefficient (Wildman–Crippen LogP) is 2.31. The molecular formula is C18H23F3N2O3. The monoisotopic (exact) mass is 372 g/mol. The molecule has 0 aliphatic carbocycles. The second-order valence-corrected chi connectivity index (χ2v) is 6.94. The van der Waals surface area contributed by atoms with Gasteiger partial charge in [-0.15, -0.1) is 0 Å². The first-order valence-corrected chi connectivity index (χ1v) is 8.37. The van der Waals surface area contributed by atoms with Crippen LogP contribution < -0.4 is 0 Å². The van der Waals surface area contributed by atoms with Crippen LogP contribution in [0.5, 0.6) is 0 Å². The summed E-state index contributed by atoms with van der Waals surface area (Å²) in [6.07, 6.45) is -4.69. The number of likely N-dealkylation sites (tertiary alicyclic amines) is 1. The van der Waals surface area contributed by atoms with Gasteiger partial charge in [-0.2, -0.15) is 13.2 Å². The molecule has 2 amide bonds. The van der Waals surface area contributed by atoms with Crippen molar-refractivity contribution in [3.8, 4) is 0 Å². The molecule has 8 heteroatoms. The normalized spacial score (nSPS) is 23.3. The van der Waals surface area contributed by atoms with E-state index in [0.29, 0.717) is 18.9 Å². The van der Waals surface area contributed by atoms with E-state index < -0.39 is 17.7 Å². The molecule has 144 valence electrons. The molecule has 1 aliphatic rings. The van der Waals surface area contributed by atoms with E-state index in [1.165, 1.54) is 0 Å². The summed E-state index contributed by atoms with van der Waals surface area (Å²) in [5.41, 5.74) is -2.88. The van der Waals surface area contributed by atoms with Crippen molar-refractivity contribution in [2.24, 2.45) is 5.92 Å². The standard InChI is InChI=1S/C18H23F3N2O3/c1-12-11-23(16(25)17(2,26)18(19,20)21)10-9-14(12)22(3)15(24)13-7-5-4-6-8-13/h4-8,12,14,26H,9-11H2,1-3H3/t12-,14+,17-/m1/s1. The molecule has 3 atom stereocenters. The lowest BCUT2D eigenvalue weighted by molar-refractivity contribution is -0.251. The average Bonchev–Trinajstić information content (AvgIpc) is 2.59. The van der Waals surface area contributed by atoms with E-state index in [2.05, 4.69) is 0 Å². The number of benzene rings is 1. The van der Waals surface area contributed by atoms with Crippen LogP contribution in [0.4, 0.5) is 13.2 Å². The second kappa shape index (κ2) is 7.26. The van der Waals surface area contributed by atoms with E-state index in [4.69, 9.17) is 0 Å². The van der Waals surface area contributed by atoms with Crippen molar-refractivity contribution in [3.05, 3.63) is 35.9 Å². The molecule has 1 aromatic carbocycles. The molecule has 0 saturated carbocycles. The molecule has 5 nitrogen and oxygen atoms in total. The van der Waals surface area contributed by atoms with Crippen LogP contribution in [-0.2, 0) is 4.79 Å². The lowest BCUT2D eigenvalue weighted by atomic mass is 9.90. The van der Waals surface area contributed by atoms with Crippen LogP contribution in [0.15, 0.2) is 30.3 Å². The SMILES string of the molecule is C[C@@H]1CN(C(=O)[C@@](C)(O)C(F)(F)F)CC[C@@H]1N(C)C(=O)c1ccccc1.